The van der Waals surface area contributed by atoms with Gasteiger partial charge in [0.05, 0.1) is 5.75 Å². The van der Waals surface area contributed by atoms with Crippen molar-refractivity contribution in [3.8, 4) is 5.75 Å². The summed E-state index contributed by atoms with van der Waals surface area (Å²) in [7, 11) is -0.848. The lowest BCUT2D eigenvalue weighted by Gasteiger charge is -2.01. The first-order valence-corrected chi connectivity index (χ1v) is 5.34. The molecule has 0 aliphatic heterocycles. The van der Waals surface area contributed by atoms with Gasteiger partial charge in [-0.05, 0) is 6.07 Å². The van der Waals surface area contributed by atoms with Crippen LogP contribution in [0.2, 0.25) is 0 Å². The predicted molar refractivity (Wildman–Crippen MR) is 50.5 cm³/mol. The van der Waals surface area contributed by atoms with E-state index in [1.165, 1.54) is 0 Å². The largest absolute Gasteiger partial charge is 0.508 e. The number of para-hydroxylation sites is 1. The maximum absolute atomic E-state index is 11.1. The van der Waals surface area contributed by atoms with E-state index in [0.717, 1.165) is 5.56 Å². The van der Waals surface area contributed by atoms with Gasteiger partial charge in [0.2, 0.25) is 0 Å². The number of benzene rings is 1. The molecule has 0 unspecified atom stereocenters. The summed E-state index contributed by atoms with van der Waals surface area (Å²) < 4.78 is 11.1. The third kappa shape index (κ3) is 2.34. The van der Waals surface area contributed by atoms with E-state index < -0.39 is 10.8 Å². The highest BCUT2D eigenvalue weighted by Crippen LogP contribution is 2.16. The Hall–Kier alpha value is -0.830. The molecule has 0 radical (unpaired) electrons. The van der Waals surface area contributed by atoms with Crippen molar-refractivity contribution in [1.29, 1.82) is 0 Å². The zero-order chi connectivity index (χ0) is 8.97. The van der Waals surface area contributed by atoms with E-state index >= 15 is 0 Å². The van der Waals surface area contributed by atoms with Gasteiger partial charge in [0.1, 0.15) is 5.75 Å². The summed E-state index contributed by atoms with van der Waals surface area (Å²) in [6.45, 7) is 1.87. The van der Waals surface area contributed by atoms with Gasteiger partial charge in [-0.3, -0.25) is 4.21 Å². The lowest BCUT2D eigenvalue weighted by atomic mass is 10.2. The van der Waals surface area contributed by atoms with Crippen LogP contribution >= 0.6 is 0 Å². The number of phenols is 1. The fraction of sp³-hybridized carbons (Fsp3) is 0.333. The van der Waals surface area contributed by atoms with Gasteiger partial charge in [-0.25, -0.2) is 0 Å². The molecule has 1 N–H and O–H groups in total. The number of hydrogen-bond acceptors (Lipinski definition) is 2. The van der Waals surface area contributed by atoms with Crippen LogP contribution in [0.5, 0.6) is 5.75 Å². The Morgan fingerprint density at radius 1 is 1.42 bits per heavy atom. The van der Waals surface area contributed by atoms with Crippen molar-refractivity contribution in [1.82, 2.24) is 0 Å². The highest BCUT2D eigenvalue weighted by Gasteiger charge is 2.02. The van der Waals surface area contributed by atoms with E-state index in [1.807, 2.05) is 13.0 Å². The molecule has 0 saturated carbocycles. The summed E-state index contributed by atoms with van der Waals surface area (Å²) in [5, 5.41) is 9.32. The normalized spacial score (nSPS) is 12.8. The van der Waals surface area contributed by atoms with Crippen LogP contribution in [0.4, 0.5) is 0 Å². The average molecular weight is 184 g/mol. The molecule has 0 aromatic heterocycles. The SMILES string of the molecule is CC[S@@](=O)Cc1ccccc1O. The molecule has 2 nitrogen and oxygen atoms in total. The zero-order valence-electron chi connectivity index (χ0n) is 6.99. The molecule has 1 aromatic carbocycles. The first kappa shape index (κ1) is 9.26. The molecule has 0 fully saturated rings. The maximum atomic E-state index is 11.1. The molecular weight excluding hydrogens is 172 g/mol. The van der Waals surface area contributed by atoms with Crippen molar-refractivity contribution in [3.63, 3.8) is 0 Å². The molecule has 0 bridgehead atoms. The fourth-order valence-corrected chi connectivity index (χ4v) is 1.70. The molecule has 1 aromatic rings. The minimum Gasteiger partial charge on any atom is -0.508 e. The molecule has 3 heteroatoms. The third-order valence-electron chi connectivity index (χ3n) is 1.63. The second-order valence-electron chi connectivity index (χ2n) is 2.50. The van der Waals surface area contributed by atoms with Crippen molar-refractivity contribution in [2.24, 2.45) is 0 Å². The van der Waals surface area contributed by atoms with Crippen molar-refractivity contribution in [3.05, 3.63) is 29.8 Å². The van der Waals surface area contributed by atoms with Gasteiger partial charge >= 0.3 is 0 Å². The molecule has 0 aliphatic rings. The first-order valence-electron chi connectivity index (χ1n) is 3.86. The van der Waals surface area contributed by atoms with Gasteiger partial charge < -0.3 is 5.11 Å². The fourth-order valence-electron chi connectivity index (χ4n) is 0.908. The van der Waals surface area contributed by atoms with Crippen LogP contribution in [-0.4, -0.2) is 15.1 Å². The van der Waals surface area contributed by atoms with E-state index in [4.69, 9.17) is 0 Å². The smallest absolute Gasteiger partial charge is 0.119 e. The number of rotatable bonds is 3. The molecule has 0 spiro atoms. The van der Waals surface area contributed by atoms with Crippen LogP contribution in [0.3, 0.4) is 0 Å². The molecule has 0 aliphatic carbocycles. The summed E-state index contributed by atoms with van der Waals surface area (Å²) in [6, 6.07) is 7.00. The minimum atomic E-state index is -0.848. The second-order valence-corrected chi connectivity index (χ2v) is 4.25. The second kappa shape index (κ2) is 4.26. The van der Waals surface area contributed by atoms with Gasteiger partial charge in [-0.15, -0.1) is 0 Å². The molecule has 0 saturated heterocycles. The van der Waals surface area contributed by atoms with Crippen LogP contribution in [0.15, 0.2) is 24.3 Å². The van der Waals surface area contributed by atoms with Gasteiger partial charge in [-0.1, -0.05) is 25.1 Å². The van der Waals surface area contributed by atoms with Crippen LogP contribution in [0.1, 0.15) is 12.5 Å². The Labute approximate surface area is 74.7 Å². The van der Waals surface area contributed by atoms with E-state index in [2.05, 4.69) is 0 Å². The molecule has 12 heavy (non-hydrogen) atoms. The first-order chi connectivity index (χ1) is 5.74. The molecule has 0 heterocycles. The highest BCUT2D eigenvalue weighted by atomic mass is 32.2. The summed E-state index contributed by atoms with van der Waals surface area (Å²) in [5.74, 6) is 1.32. The molecule has 1 rings (SSSR count). The van der Waals surface area contributed by atoms with E-state index in [1.54, 1.807) is 18.2 Å². The van der Waals surface area contributed by atoms with Crippen molar-refractivity contribution in [2.45, 2.75) is 12.7 Å². The Bertz CT molecular complexity index is 284. The highest BCUT2D eigenvalue weighted by molar-refractivity contribution is 7.84. The Balaban J connectivity index is 2.75. The Kier molecular flexibility index (Phi) is 3.29. The van der Waals surface area contributed by atoms with E-state index in [9.17, 15) is 9.32 Å². The predicted octanol–water partition coefficient (Wildman–Crippen LogP) is 1.66. The Morgan fingerprint density at radius 3 is 2.67 bits per heavy atom. The zero-order valence-corrected chi connectivity index (χ0v) is 7.80. The molecule has 1 atom stereocenters. The van der Waals surface area contributed by atoms with Crippen LogP contribution in [0.25, 0.3) is 0 Å². The standard InChI is InChI=1S/C9H12O2S/c1-2-12(11)7-8-5-3-4-6-9(8)10/h3-6,10H,2,7H2,1H3/t12-/m1/s1. The van der Waals surface area contributed by atoms with Crippen molar-refractivity contribution in [2.75, 3.05) is 5.75 Å². The summed E-state index contributed by atoms with van der Waals surface area (Å²) in [6.07, 6.45) is 0. The number of hydrogen-bond donors (Lipinski definition) is 1. The summed E-state index contributed by atoms with van der Waals surface area (Å²) in [4.78, 5) is 0. The maximum Gasteiger partial charge on any atom is 0.119 e. The minimum absolute atomic E-state index is 0.235. The van der Waals surface area contributed by atoms with Crippen molar-refractivity contribution >= 4 is 10.8 Å². The lowest BCUT2D eigenvalue weighted by molar-refractivity contribution is 0.470. The summed E-state index contributed by atoms with van der Waals surface area (Å²) in [5.41, 5.74) is 0.762. The van der Waals surface area contributed by atoms with Gasteiger partial charge in [0.15, 0.2) is 0 Å². The van der Waals surface area contributed by atoms with Gasteiger partial charge in [0.25, 0.3) is 0 Å². The lowest BCUT2D eigenvalue weighted by Crippen LogP contribution is -1.97. The van der Waals surface area contributed by atoms with Crippen LogP contribution in [0, 0.1) is 0 Å². The number of aromatic hydroxyl groups is 1. The molecule has 0 amide bonds. The molecular formula is C9H12O2S. The monoisotopic (exact) mass is 184 g/mol. The van der Waals surface area contributed by atoms with Crippen LogP contribution in [-0.2, 0) is 16.6 Å². The van der Waals surface area contributed by atoms with E-state index in [0.29, 0.717) is 11.5 Å². The van der Waals surface area contributed by atoms with Gasteiger partial charge in [0, 0.05) is 22.1 Å². The number of phenolic OH excluding ortho intramolecular Hbond substituents is 1. The van der Waals surface area contributed by atoms with Gasteiger partial charge in [-0.2, -0.15) is 0 Å². The topological polar surface area (TPSA) is 37.3 Å². The average Bonchev–Trinajstić information content (AvgIpc) is 2.09. The van der Waals surface area contributed by atoms with Crippen molar-refractivity contribution < 1.29 is 9.32 Å². The quantitative estimate of drug-likeness (QED) is 0.775. The Morgan fingerprint density at radius 2 is 2.08 bits per heavy atom. The third-order valence-corrected chi connectivity index (χ3v) is 2.91. The molecule has 66 valence electrons. The van der Waals surface area contributed by atoms with E-state index in [-0.39, 0.29) is 5.75 Å². The summed E-state index contributed by atoms with van der Waals surface area (Å²) >= 11 is 0. The van der Waals surface area contributed by atoms with Crippen LogP contribution < -0.4 is 0 Å².